The number of benzene rings is 1. The van der Waals surface area contributed by atoms with Crippen molar-refractivity contribution in [3.05, 3.63) is 35.1 Å². The van der Waals surface area contributed by atoms with Gasteiger partial charge in [0.2, 0.25) is 0 Å². The fourth-order valence-corrected chi connectivity index (χ4v) is 1.18. The van der Waals surface area contributed by atoms with Gasteiger partial charge in [0.15, 0.2) is 17.5 Å². The molecule has 1 aromatic rings. The van der Waals surface area contributed by atoms with Crippen molar-refractivity contribution in [1.29, 1.82) is 0 Å². The van der Waals surface area contributed by atoms with E-state index in [0.29, 0.717) is 0 Å². The van der Waals surface area contributed by atoms with Crippen LogP contribution in [0.5, 0.6) is 0 Å². The van der Waals surface area contributed by atoms with Gasteiger partial charge >= 0.3 is 0 Å². The van der Waals surface area contributed by atoms with Gasteiger partial charge in [0.25, 0.3) is 0 Å². The number of rotatable bonds is 2. The number of aliphatic hydroxyl groups is 1. The normalized spacial score (nSPS) is 15.5. The maximum Gasteiger partial charge on any atom is 0.194 e. The molecule has 1 rings (SSSR count). The molecule has 0 aliphatic rings. The average Bonchev–Trinajstić information content (AvgIpc) is 2.13. The summed E-state index contributed by atoms with van der Waals surface area (Å²) in [6.45, 7) is 4.85. The molecule has 0 heterocycles. The minimum Gasteiger partial charge on any atom is -0.385 e. The van der Waals surface area contributed by atoms with Crippen LogP contribution in [-0.4, -0.2) is 5.11 Å². The van der Waals surface area contributed by atoms with E-state index >= 15 is 0 Å². The third kappa shape index (κ3) is 2.15. The van der Waals surface area contributed by atoms with E-state index in [2.05, 4.69) is 0 Å². The minimum atomic E-state index is -1.52. The topological polar surface area (TPSA) is 20.2 Å². The van der Waals surface area contributed by atoms with Crippen molar-refractivity contribution in [3.63, 3.8) is 0 Å². The summed E-state index contributed by atoms with van der Waals surface area (Å²) >= 11 is 0. The predicted molar refractivity (Wildman–Crippen MR) is 50.7 cm³/mol. The van der Waals surface area contributed by atoms with E-state index in [1.807, 2.05) is 0 Å². The van der Waals surface area contributed by atoms with Crippen molar-refractivity contribution in [2.45, 2.75) is 26.4 Å². The molecule has 0 bridgehead atoms. The first-order chi connectivity index (χ1) is 6.76. The lowest BCUT2D eigenvalue weighted by atomic mass is 9.85. The van der Waals surface area contributed by atoms with Gasteiger partial charge in [-0.1, -0.05) is 13.8 Å². The van der Waals surface area contributed by atoms with Crippen molar-refractivity contribution in [1.82, 2.24) is 0 Å². The Morgan fingerprint density at radius 2 is 1.53 bits per heavy atom. The largest absolute Gasteiger partial charge is 0.385 e. The summed E-state index contributed by atoms with van der Waals surface area (Å²) in [5, 5.41) is 9.95. The first kappa shape index (κ1) is 12.0. The number of halogens is 3. The molecular weight excluding hydrogens is 205 g/mol. The number of hydrogen-bond donors (Lipinski definition) is 1. The summed E-state index contributed by atoms with van der Waals surface area (Å²) < 4.78 is 38.5. The van der Waals surface area contributed by atoms with Crippen molar-refractivity contribution in [3.8, 4) is 0 Å². The van der Waals surface area contributed by atoms with E-state index in [9.17, 15) is 18.3 Å². The Hall–Kier alpha value is -1.03. The molecule has 0 fully saturated rings. The Morgan fingerprint density at radius 3 is 1.87 bits per heavy atom. The van der Waals surface area contributed by atoms with Crippen LogP contribution in [0.2, 0.25) is 0 Å². The highest BCUT2D eigenvalue weighted by Gasteiger charge is 2.29. The van der Waals surface area contributed by atoms with Gasteiger partial charge < -0.3 is 5.11 Å². The summed E-state index contributed by atoms with van der Waals surface area (Å²) in [4.78, 5) is 0. The molecule has 0 saturated carbocycles. The molecule has 1 atom stereocenters. The standard InChI is InChI=1S/C11H13F3O/c1-6(2)11(3,15)7-4-8(12)10(14)9(13)5-7/h4-6,15H,1-3H3/t11-/m1/s1. The Labute approximate surface area is 86.5 Å². The second kappa shape index (κ2) is 3.85. The highest BCUT2D eigenvalue weighted by Crippen LogP contribution is 2.30. The Morgan fingerprint density at radius 1 is 1.13 bits per heavy atom. The summed E-state index contributed by atoms with van der Waals surface area (Å²) in [5.41, 5.74) is -1.34. The van der Waals surface area contributed by atoms with Crippen molar-refractivity contribution >= 4 is 0 Å². The molecule has 84 valence electrons. The third-order valence-corrected chi connectivity index (χ3v) is 2.69. The van der Waals surface area contributed by atoms with Crippen LogP contribution in [0.3, 0.4) is 0 Å². The van der Waals surface area contributed by atoms with Gasteiger partial charge in [-0.2, -0.15) is 0 Å². The van der Waals surface area contributed by atoms with Gasteiger partial charge in [-0.3, -0.25) is 0 Å². The van der Waals surface area contributed by atoms with Gasteiger partial charge in [-0.15, -0.1) is 0 Å². The Balaban J connectivity index is 3.28. The lowest BCUT2D eigenvalue weighted by Gasteiger charge is -2.28. The van der Waals surface area contributed by atoms with E-state index in [4.69, 9.17) is 0 Å². The van der Waals surface area contributed by atoms with Crippen molar-refractivity contribution < 1.29 is 18.3 Å². The zero-order valence-corrected chi connectivity index (χ0v) is 8.81. The molecule has 1 aromatic carbocycles. The highest BCUT2D eigenvalue weighted by molar-refractivity contribution is 5.25. The Bertz CT molecular complexity index is 349. The molecule has 0 aliphatic heterocycles. The van der Waals surface area contributed by atoms with Crippen LogP contribution >= 0.6 is 0 Å². The molecule has 0 aromatic heterocycles. The van der Waals surface area contributed by atoms with E-state index < -0.39 is 23.1 Å². The van der Waals surface area contributed by atoms with Gasteiger partial charge in [-0.25, -0.2) is 13.2 Å². The van der Waals surface area contributed by atoms with Crippen molar-refractivity contribution in [2.24, 2.45) is 5.92 Å². The lowest BCUT2D eigenvalue weighted by Crippen LogP contribution is -2.28. The molecule has 0 radical (unpaired) electrons. The summed E-state index contributed by atoms with van der Waals surface area (Å²) in [7, 11) is 0. The molecule has 15 heavy (non-hydrogen) atoms. The van der Waals surface area contributed by atoms with E-state index in [-0.39, 0.29) is 11.5 Å². The number of hydrogen-bond acceptors (Lipinski definition) is 1. The zero-order chi connectivity index (χ0) is 11.8. The summed E-state index contributed by atoms with van der Waals surface area (Å²) in [6, 6.07) is 1.64. The Kier molecular flexibility index (Phi) is 3.09. The van der Waals surface area contributed by atoms with Crippen LogP contribution in [0.25, 0.3) is 0 Å². The molecule has 0 spiro atoms. The van der Waals surface area contributed by atoms with Crippen LogP contribution in [0.15, 0.2) is 12.1 Å². The van der Waals surface area contributed by atoms with Crippen LogP contribution in [-0.2, 0) is 5.60 Å². The molecular formula is C11H13F3O. The van der Waals surface area contributed by atoms with Gasteiger partial charge in [0, 0.05) is 0 Å². The average molecular weight is 218 g/mol. The second-order valence-corrected chi connectivity index (χ2v) is 4.06. The first-order valence-corrected chi connectivity index (χ1v) is 4.64. The van der Waals surface area contributed by atoms with Gasteiger partial charge in [0.05, 0.1) is 5.60 Å². The lowest BCUT2D eigenvalue weighted by molar-refractivity contribution is 0.00833. The summed E-state index contributed by atoms with van der Waals surface area (Å²) in [5.74, 6) is -4.32. The van der Waals surface area contributed by atoms with Crippen LogP contribution in [0.1, 0.15) is 26.3 Å². The zero-order valence-electron chi connectivity index (χ0n) is 8.81. The quantitative estimate of drug-likeness (QED) is 0.756. The molecule has 0 unspecified atom stereocenters. The third-order valence-electron chi connectivity index (χ3n) is 2.69. The van der Waals surface area contributed by atoms with Crippen LogP contribution in [0, 0.1) is 23.4 Å². The van der Waals surface area contributed by atoms with E-state index in [0.717, 1.165) is 12.1 Å². The van der Waals surface area contributed by atoms with Crippen LogP contribution < -0.4 is 0 Å². The molecule has 0 saturated heterocycles. The van der Waals surface area contributed by atoms with Crippen LogP contribution in [0.4, 0.5) is 13.2 Å². The summed E-state index contributed by atoms with van der Waals surface area (Å²) in [6.07, 6.45) is 0. The molecule has 4 heteroatoms. The predicted octanol–water partition coefficient (Wildman–Crippen LogP) is 2.97. The van der Waals surface area contributed by atoms with E-state index in [1.165, 1.54) is 6.92 Å². The molecule has 0 aliphatic carbocycles. The fraction of sp³-hybridized carbons (Fsp3) is 0.455. The van der Waals surface area contributed by atoms with E-state index in [1.54, 1.807) is 13.8 Å². The van der Waals surface area contributed by atoms with Gasteiger partial charge in [-0.05, 0) is 30.5 Å². The van der Waals surface area contributed by atoms with Gasteiger partial charge in [0.1, 0.15) is 0 Å². The fourth-order valence-electron chi connectivity index (χ4n) is 1.18. The minimum absolute atomic E-state index is 0.0360. The first-order valence-electron chi connectivity index (χ1n) is 4.64. The highest BCUT2D eigenvalue weighted by atomic mass is 19.2. The smallest absolute Gasteiger partial charge is 0.194 e. The maximum absolute atomic E-state index is 12.9. The molecule has 1 nitrogen and oxygen atoms in total. The molecule has 1 N–H and O–H groups in total. The maximum atomic E-state index is 12.9. The SMILES string of the molecule is CC(C)[C@@](C)(O)c1cc(F)c(F)c(F)c1. The monoisotopic (exact) mass is 218 g/mol. The second-order valence-electron chi connectivity index (χ2n) is 4.06. The molecule has 0 amide bonds. The van der Waals surface area contributed by atoms with Crippen molar-refractivity contribution in [2.75, 3.05) is 0 Å².